The fourth-order valence-electron chi connectivity index (χ4n) is 3.36. The van der Waals surface area contributed by atoms with Gasteiger partial charge in [-0.1, -0.05) is 26.7 Å². The molecule has 2 fully saturated rings. The standard InChI is InChI=1S/C15H27NO/c1-11-7-8-13(10-12(11)2)15(17)14-6-4-3-5-9-16-14/h11-14,16H,3-10H2,1-2H3. The molecule has 0 bridgehead atoms. The normalized spacial score (nSPS) is 39.6. The van der Waals surface area contributed by atoms with Gasteiger partial charge in [0.05, 0.1) is 6.04 Å². The van der Waals surface area contributed by atoms with Crippen molar-refractivity contribution >= 4 is 5.78 Å². The number of hydrogen-bond acceptors (Lipinski definition) is 2. The predicted octanol–water partition coefficient (Wildman–Crippen LogP) is 3.16. The molecular weight excluding hydrogens is 210 g/mol. The van der Waals surface area contributed by atoms with Gasteiger partial charge in [-0.15, -0.1) is 0 Å². The molecule has 1 aliphatic heterocycles. The molecule has 4 unspecified atom stereocenters. The van der Waals surface area contributed by atoms with Crippen LogP contribution in [0.4, 0.5) is 0 Å². The molecule has 2 rings (SSSR count). The molecule has 0 amide bonds. The number of Topliss-reactive ketones (excluding diaryl/α,β-unsaturated/α-hetero) is 1. The summed E-state index contributed by atoms with van der Waals surface area (Å²) in [6.07, 6.45) is 8.31. The van der Waals surface area contributed by atoms with Gasteiger partial charge in [-0.3, -0.25) is 4.79 Å². The summed E-state index contributed by atoms with van der Waals surface area (Å²) >= 11 is 0. The smallest absolute Gasteiger partial charge is 0.152 e. The van der Waals surface area contributed by atoms with Gasteiger partial charge >= 0.3 is 0 Å². The van der Waals surface area contributed by atoms with Crippen LogP contribution in [-0.2, 0) is 4.79 Å². The number of rotatable bonds is 2. The first-order valence-electron chi connectivity index (χ1n) is 7.45. The molecular formula is C15H27NO. The second kappa shape index (κ2) is 5.99. The summed E-state index contributed by atoms with van der Waals surface area (Å²) in [5, 5.41) is 3.46. The number of ketones is 1. The van der Waals surface area contributed by atoms with Crippen LogP contribution in [0.3, 0.4) is 0 Å². The average molecular weight is 237 g/mol. The van der Waals surface area contributed by atoms with Crippen molar-refractivity contribution in [2.45, 2.75) is 64.8 Å². The van der Waals surface area contributed by atoms with E-state index in [1.807, 2.05) is 0 Å². The third-order valence-corrected chi connectivity index (χ3v) is 4.90. The van der Waals surface area contributed by atoms with Crippen LogP contribution in [0.2, 0.25) is 0 Å². The Morgan fingerprint density at radius 2 is 1.82 bits per heavy atom. The van der Waals surface area contributed by atoms with E-state index in [0.717, 1.165) is 37.6 Å². The number of carbonyl (C=O) groups is 1. The SMILES string of the molecule is CC1CCC(C(=O)C2CCCCCN2)CC1C. The van der Waals surface area contributed by atoms with Crippen molar-refractivity contribution in [3.05, 3.63) is 0 Å². The van der Waals surface area contributed by atoms with Gasteiger partial charge in [-0.2, -0.15) is 0 Å². The highest BCUT2D eigenvalue weighted by Gasteiger charge is 2.32. The Balaban J connectivity index is 1.90. The van der Waals surface area contributed by atoms with Crippen molar-refractivity contribution in [2.24, 2.45) is 17.8 Å². The largest absolute Gasteiger partial charge is 0.307 e. The van der Waals surface area contributed by atoms with Crippen molar-refractivity contribution in [3.63, 3.8) is 0 Å². The van der Waals surface area contributed by atoms with E-state index in [9.17, 15) is 4.79 Å². The first-order valence-corrected chi connectivity index (χ1v) is 7.45. The van der Waals surface area contributed by atoms with E-state index in [2.05, 4.69) is 19.2 Å². The van der Waals surface area contributed by atoms with Gasteiger partial charge < -0.3 is 5.32 Å². The van der Waals surface area contributed by atoms with E-state index in [-0.39, 0.29) is 6.04 Å². The van der Waals surface area contributed by atoms with Crippen LogP contribution in [0.25, 0.3) is 0 Å². The van der Waals surface area contributed by atoms with E-state index in [4.69, 9.17) is 0 Å². The molecule has 98 valence electrons. The molecule has 1 saturated heterocycles. The molecule has 0 aromatic carbocycles. The lowest BCUT2D eigenvalue weighted by molar-refractivity contribution is -0.126. The Morgan fingerprint density at radius 3 is 2.59 bits per heavy atom. The molecule has 0 spiro atoms. The highest BCUT2D eigenvalue weighted by atomic mass is 16.1. The van der Waals surface area contributed by atoms with Crippen LogP contribution in [0.1, 0.15) is 58.8 Å². The lowest BCUT2D eigenvalue weighted by atomic mass is 9.73. The summed E-state index contributed by atoms with van der Waals surface area (Å²) in [5.74, 6) is 2.40. The Bertz CT molecular complexity index is 256. The van der Waals surface area contributed by atoms with Gasteiger partial charge in [0, 0.05) is 5.92 Å². The van der Waals surface area contributed by atoms with Gasteiger partial charge in [0.2, 0.25) is 0 Å². The third kappa shape index (κ3) is 3.31. The molecule has 0 aromatic heterocycles. The molecule has 1 aliphatic carbocycles. The summed E-state index contributed by atoms with van der Waals surface area (Å²) in [7, 11) is 0. The Morgan fingerprint density at radius 1 is 1.00 bits per heavy atom. The van der Waals surface area contributed by atoms with Gasteiger partial charge in [-0.25, -0.2) is 0 Å². The maximum atomic E-state index is 12.5. The van der Waals surface area contributed by atoms with E-state index >= 15 is 0 Å². The summed E-state index contributed by atoms with van der Waals surface area (Å²) in [6, 6.07) is 0.170. The summed E-state index contributed by atoms with van der Waals surface area (Å²) in [6.45, 7) is 5.68. The van der Waals surface area contributed by atoms with E-state index < -0.39 is 0 Å². The molecule has 1 saturated carbocycles. The maximum absolute atomic E-state index is 12.5. The van der Waals surface area contributed by atoms with Crippen LogP contribution in [0, 0.1) is 17.8 Å². The van der Waals surface area contributed by atoms with Crippen LogP contribution in [0.5, 0.6) is 0 Å². The lowest BCUT2D eigenvalue weighted by Crippen LogP contribution is -2.41. The molecule has 17 heavy (non-hydrogen) atoms. The Labute approximate surface area is 106 Å². The fraction of sp³-hybridized carbons (Fsp3) is 0.933. The first-order chi connectivity index (χ1) is 8.18. The van der Waals surface area contributed by atoms with Crippen LogP contribution in [-0.4, -0.2) is 18.4 Å². The highest BCUT2D eigenvalue weighted by molar-refractivity contribution is 5.86. The molecule has 1 heterocycles. The molecule has 2 nitrogen and oxygen atoms in total. The van der Waals surface area contributed by atoms with Crippen LogP contribution < -0.4 is 5.32 Å². The lowest BCUT2D eigenvalue weighted by Gasteiger charge is -2.33. The van der Waals surface area contributed by atoms with Crippen molar-refractivity contribution in [2.75, 3.05) is 6.54 Å². The minimum absolute atomic E-state index is 0.170. The van der Waals surface area contributed by atoms with E-state index in [1.54, 1.807) is 0 Å². The summed E-state index contributed by atoms with van der Waals surface area (Å²) < 4.78 is 0. The minimum Gasteiger partial charge on any atom is -0.307 e. The highest BCUT2D eigenvalue weighted by Crippen LogP contribution is 2.34. The second-order valence-corrected chi connectivity index (χ2v) is 6.22. The molecule has 1 N–H and O–H groups in total. The number of hydrogen-bond donors (Lipinski definition) is 1. The molecule has 2 aliphatic rings. The first kappa shape index (κ1) is 13.1. The predicted molar refractivity (Wildman–Crippen MR) is 70.9 cm³/mol. The zero-order valence-electron chi connectivity index (χ0n) is 11.4. The van der Waals surface area contributed by atoms with E-state index in [1.165, 1.54) is 25.7 Å². The third-order valence-electron chi connectivity index (χ3n) is 4.90. The van der Waals surface area contributed by atoms with Gasteiger partial charge in [0.15, 0.2) is 5.78 Å². The van der Waals surface area contributed by atoms with Gasteiger partial charge in [0.1, 0.15) is 0 Å². The topological polar surface area (TPSA) is 29.1 Å². The molecule has 0 aromatic rings. The molecule has 4 atom stereocenters. The van der Waals surface area contributed by atoms with E-state index in [0.29, 0.717) is 11.7 Å². The number of nitrogens with one attached hydrogen (secondary N) is 1. The number of carbonyl (C=O) groups excluding carboxylic acids is 1. The minimum atomic E-state index is 0.170. The zero-order chi connectivity index (χ0) is 12.3. The average Bonchev–Trinajstić information content (AvgIpc) is 2.60. The van der Waals surface area contributed by atoms with Gasteiger partial charge in [-0.05, 0) is 50.5 Å². The van der Waals surface area contributed by atoms with Crippen molar-refractivity contribution in [3.8, 4) is 0 Å². The second-order valence-electron chi connectivity index (χ2n) is 6.22. The fourth-order valence-corrected chi connectivity index (χ4v) is 3.36. The van der Waals surface area contributed by atoms with Crippen LogP contribution >= 0.6 is 0 Å². The maximum Gasteiger partial charge on any atom is 0.152 e. The summed E-state index contributed by atoms with van der Waals surface area (Å²) in [5.41, 5.74) is 0. The van der Waals surface area contributed by atoms with Gasteiger partial charge in [0.25, 0.3) is 0 Å². The van der Waals surface area contributed by atoms with Crippen molar-refractivity contribution in [1.29, 1.82) is 0 Å². The quantitative estimate of drug-likeness (QED) is 0.799. The monoisotopic (exact) mass is 237 g/mol. The summed E-state index contributed by atoms with van der Waals surface area (Å²) in [4.78, 5) is 12.5. The Hall–Kier alpha value is -0.370. The Kier molecular flexibility index (Phi) is 4.61. The molecule has 0 radical (unpaired) electrons. The van der Waals surface area contributed by atoms with Crippen molar-refractivity contribution < 1.29 is 4.79 Å². The zero-order valence-corrected chi connectivity index (χ0v) is 11.4. The van der Waals surface area contributed by atoms with Crippen LogP contribution in [0.15, 0.2) is 0 Å². The molecule has 2 heteroatoms. The van der Waals surface area contributed by atoms with Crippen molar-refractivity contribution in [1.82, 2.24) is 5.32 Å².